The summed E-state index contributed by atoms with van der Waals surface area (Å²) in [5, 5.41) is 3.03. The van der Waals surface area contributed by atoms with Crippen molar-refractivity contribution in [1.29, 1.82) is 0 Å². The maximum Gasteiger partial charge on any atom is 0.232 e. The minimum Gasteiger partial charge on any atom is -0.319 e. The summed E-state index contributed by atoms with van der Waals surface area (Å²) < 4.78 is 0. The van der Waals surface area contributed by atoms with Crippen LogP contribution in [0.25, 0.3) is 0 Å². The molecular formula is C10H18N2O2. The highest BCUT2D eigenvalue weighted by atomic mass is 16.2. The molecule has 0 spiro atoms. The normalized spacial score (nSPS) is 24.5. The maximum atomic E-state index is 11.5. The fourth-order valence-corrected chi connectivity index (χ4v) is 1.76. The molecule has 1 N–H and O–H groups in total. The lowest BCUT2D eigenvalue weighted by atomic mass is 10.1. The first-order valence-electron chi connectivity index (χ1n) is 5.05. The summed E-state index contributed by atoms with van der Waals surface area (Å²) >= 11 is 0. The first-order valence-corrected chi connectivity index (χ1v) is 5.05. The Kier molecular flexibility index (Phi) is 3.63. The minimum atomic E-state index is -0.121. The molecule has 0 aliphatic carbocycles. The Hall–Kier alpha value is -0.900. The van der Waals surface area contributed by atoms with Crippen LogP contribution in [0.2, 0.25) is 0 Å². The second-order valence-electron chi connectivity index (χ2n) is 4.11. The summed E-state index contributed by atoms with van der Waals surface area (Å²) in [4.78, 5) is 24.4. The Balaban J connectivity index is 2.51. The molecule has 2 atom stereocenters. The van der Waals surface area contributed by atoms with E-state index < -0.39 is 0 Å². The van der Waals surface area contributed by atoms with E-state index in [-0.39, 0.29) is 17.7 Å². The molecule has 1 saturated heterocycles. The average Bonchev–Trinajstić information content (AvgIpc) is 2.33. The molecule has 0 bridgehead atoms. The molecule has 2 amide bonds. The SMILES string of the molecule is CNCC(C)CN1C(=O)CC(C)C1=O. The van der Waals surface area contributed by atoms with Gasteiger partial charge in [-0.05, 0) is 19.5 Å². The number of likely N-dealkylation sites (tertiary alicyclic amines) is 1. The van der Waals surface area contributed by atoms with Crippen LogP contribution >= 0.6 is 0 Å². The molecule has 1 aliphatic heterocycles. The van der Waals surface area contributed by atoms with Crippen molar-refractivity contribution >= 4 is 11.8 Å². The smallest absolute Gasteiger partial charge is 0.232 e. The van der Waals surface area contributed by atoms with E-state index in [2.05, 4.69) is 5.32 Å². The van der Waals surface area contributed by atoms with E-state index in [1.165, 1.54) is 4.90 Å². The molecule has 1 rings (SSSR count). The Morgan fingerprint density at radius 3 is 2.64 bits per heavy atom. The number of nitrogens with one attached hydrogen (secondary N) is 1. The quantitative estimate of drug-likeness (QED) is 0.658. The zero-order valence-corrected chi connectivity index (χ0v) is 9.04. The van der Waals surface area contributed by atoms with E-state index >= 15 is 0 Å². The van der Waals surface area contributed by atoms with Crippen LogP contribution in [0.4, 0.5) is 0 Å². The van der Waals surface area contributed by atoms with E-state index in [0.29, 0.717) is 18.9 Å². The van der Waals surface area contributed by atoms with Gasteiger partial charge in [0.05, 0.1) is 0 Å². The van der Waals surface area contributed by atoms with Gasteiger partial charge in [-0.1, -0.05) is 13.8 Å². The molecule has 0 aromatic carbocycles. The topological polar surface area (TPSA) is 49.4 Å². The molecule has 4 nitrogen and oxygen atoms in total. The van der Waals surface area contributed by atoms with Crippen LogP contribution in [0.3, 0.4) is 0 Å². The Morgan fingerprint density at radius 1 is 1.57 bits per heavy atom. The summed E-state index contributed by atoms with van der Waals surface area (Å²) in [6.07, 6.45) is 0.380. The van der Waals surface area contributed by atoms with Gasteiger partial charge in [0.2, 0.25) is 11.8 Å². The third-order valence-corrected chi connectivity index (χ3v) is 2.52. The van der Waals surface area contributed by atoms with E-state index in [1.54, 1.807) is 0 Å². The van der Waals surface area contributed by atoms with Crippen molar-refractivity contribution in [2.45, 2.75) is 20.3 Å². The zero-order valence-electron chi connectivity index (χ0n) is 9.04. The van der Waals surface area contributed by atoms with Gasteiger partial charge in [-0.2, -0.15) is 0 Å². The number of nitrogens with zero attached hydrogens (tertiary/aromatic N) is 1. The van der Waals surface area contributed by atoms with Crippen LogP contribution in [0.1, 0.15) is 20.3 Å². The highest BCUT2D eigenvalue weighted by Crippen LogP contribution is 2.19. The van der Waals surface area contributed by atoms with Gasteiger partial charge >= 0.3 is 0 Å². The fourth-order valence-electron chi connectivity index (χ4n) is 1.76. The molecule has 0 radical (unpaired) electrons. The van der Waals surface area contributed by atoms with Gasteiger partial charge in [0, 0.05) is 18.9 Å². The van der Waals surface area contributed by atoms with Crippen molar-refractivity contribution in [1.82, 2.24) is 10.2 Å². The molecule has 2 unspecified atom stereocenters. The van der Waals surface area contributed by atoms with Gasteiger partial charge in [-0.15, -0.1) is 0 Å². The van der Waals surface area contributed by atoms with Gasteiger partial charge in [-0.25, -0.2) is 0 Å². The summed E-state index contributed by atoms with van der Waals surface area (Å²) in [7, 11) is 1.87. The van der Waals surface area contributed by atoms with Crippen LogP contribution in [0.15, 0.2) is 0 Å². The first kappa shape index (κ1) is 11.2. The van der Waals surface area contributed by atoms with E-state index in [0.717, 1.165) is 6.54 Å². The molecule has 0 saturated carbocycles. The molecule has 1 aliphatic rings. The first-order chi connectivity index (χ1) is 6.56. The average molecular weight is 198 g/mol. The predicted molar refractivity (Wildman–Crippen MR) is 53.6 cm³/mol. The molecular weight excluding hydrogens is 180 g/mol. The van der Waals surface area contributed by atoms with Crippen molar-refractivity contribution in [3.8, 4) is 0 Å². The number of rotatable bonds is 4. The number of hydrogen-bond donors (Lipinski definition) is 1. The Morgan fingerprint density at radius 2 is 2.21 bits per heavy atom. The highest BCUT2D eigenvalue weighted by molar-refractivity contribution is 6.03. The largest absolute Gasteiger partial charge is 0.319 e. The highest BCUT2D eigenvalue weighted by Gasteiger charge is 2.35. The van der Waals surface area contributed by atoms with E-state index in [1.807, 2.05) is 20.9 Å². The van der Waals surface area contributed by atoms with Crippen molar-refractivity contribution in [2.75, 3.05) is 20.1 Å². The zero-order chi connectivity index (χ0) is 10.7. The monoisotopic (exact) mass is 198 g/mol. The number of carbonyl (C=O) groups is 2. The minimum absolute atomic E-state index is 0.0158. The lowest BCUT2D eigenvalue weighted by molar-refractivity contribution is -0.139. The molecule has 0 aromatic rings. The number of amides is 2. The lowest BCUT2D eigenvalue weighted by Gasteiger charge is -2.19. The molecule has 1 fully saturated rings. The van der Waals surface area contributed by atoms with Crippen LogP contribution in [0, 0.1) is 11.8 Å². The Bertz CT molecular complexity index is 240. The van der Waals surface area contributed by atoms with Crippen LogP contribution in [-0.2, 0) is 9.59 Å². The molecule has 4 heteroatoms. The van der Waals surface area contributed by atoms with Crippen LogP contribution in [-0.4, -0.2) is 36.9 Å². The lowest BCUT2D eigenvalue weighted by Crippen LogP contribution is -2.36. The van der Waals surface area contributed by atoms with Crippen molar-refractivity contribution in [3.63, 3.8) is 0 Å². The summed E-state index contributed by atoms with van der Waals surface area (Å²) in [5.74, 6) is 0.158. The second-order valence-corrected chi connectivity index (χ2v) is 4.11. The van der Waals surface area contributed by atoms with Crippen LogP contribution in [0.5, 0.6) is 0 Å². The van der Waals surface area contributed by atoms with E-state index in [9.17, 15) is 9.59 Å². The fraction of sp³-hybridized carbons (Fsp3) is 0.800. The number of hydrogen-bond acceptors (Lipinski definition) is 3. The van der Waals surface area contributed by atoms with Gasteiger partial charge in [0.1, 0.15) is 0 Å². The molecule has 14 heavy (non-hydrogen) atoms. The summed E-state index contributed by atoms with van der Waals surface area (Å²) in [6, 6.07) is 0. The molecule has 80 valence electrons. The number of carbonyl (C=O) groups excluding carboxylic acids is 2. The van der Waals surface area contributed by atoms with Crippen LogP contribution < -0.4 is 5.32 Å². The second kappa shape index (κ2) is 4.55. The van der Waals surface area contributed by atoms with Gasteiger partial charge in [0.25, 0.3) is 0 Å². The molecule has 0 aromatic heterocycles. The predicted octanol–water partition coefficient (Wildman–Crippen LogP) is 0.237. The molecule has 1 heterocycles. The third-order valence-electron chi connectivity index (χ3n) is 2.52. The van der Waals surface area contributed by atoms with Gasteiger partial charge < -0.3 is 5.32 Å². The van der Waals surface area contributed by atoms with Crippen molar-refractivity contribution in [2.24, 2.45) is 11.8 Å². The standard InChI is InChI=1S/C10H18N2O2/c1-7(5-11-3)6-12-9(13)4-8(2)10(12)14/h7-8,11H,4-6H2,1-3H3. The Labute approximate surface area is 84.7 Å². The maximum absolute atomic E-state index is 11.5. The van der Waals surface area contributed by atoms with Crippen molar-refractivity contribution in [3.05, 3.63) is 0 Å². The summed E-state index contributed by atoms with van der Waals surface area (Å²) in [6.45, 7) is 5.21. The third kappa shape index (κ3) is 2.32. The van der Waals surface area contributed by atoms with Gasteiger partial charge in [-0.3, -0.25) is 14.5 Å². The van der Waals surface area contributed by atoms with E-state index in [4.69, 9.17) is 0 Å². The van der Waals surface area contributed by atoms with Gasteiger partial charge in [0.15, 0.2) is 0 Å². The van der Waals surface area contributed by atoms with Crippen molar-refractivity contribution < 1.29 is 9.59 Å². The summed E-state index contributed by atoms with van der Waals surface area (Å²) in [5.41, 5.74) is 0. The number of imide groups is 1.